The first-order valence-corrected chi connectivity index (χ1v) is 3.56. The van der Waals surface area contributed by atoms with E-state index in [4.69, 9.17) is 15.3 Å². The summed E-state index contributed by atoms with van der Waals surface area (Å²) in [5.74, 6) is -6.72. The van der Waals surface area contributed by atoms with E-state index in [1.807, 2.05) is 0 Å². The summed E-state index contributed by atoms with van der Waals surface area (Å²) in [5, 5.41) is 25.8. The molecule has 0 aliphatic heterocycles. The smallest absolute Gasteiger partial charge is 0.322 e. The molecular formula is C7H8O6. The molecule has 0 saturated heterocycles. The fourth-order valence-electron chi connectivity index (χ4n) is 1.72. The predicted octanol–water partition coefficient (Wildman–Crippen LogP) is -0.508. The zero-order chi connectivity index (χ0) is 10.4. The van der Waals surface area contributed by atoms with Crippen LogP contribution in [0.25, 0.3) is 0 Å². The molecule has 3 N–H and O–H groups in total. The van der Waals surface area contributed by atoms with Crippen LogP contribution >= 0.6 is 0 Å². The van der Waals surface area contributed by atoms with Gasteiger partial charge < -0.3 is 15.3 Å². The third-order valence-corrected chi connectivity index (χ3v) is 2.57. The molecule has 1 rings (SSSR count). The fourth-order valence-corrected chi connectivity index (χ4v) is 1.72. The van der Waals surface area contributed by atoms with E-state index >= 15 is 0 Å². The molecule has 0 heterocycles. The highest BCUT2D eigenvalue weighted by Crippen LogP contribution is 2.59. The quantitative estimate of drug-likeness (QED) is 0.514. The van der Waals surface area contributed by atoms with Crippen LogP contribution in [0.5, 0.6) is 0 Å². The van der Waals surface area contributed by atoms with Gasteiger partial charge in [-0.25, -0.2) is 0 Å². The summed E-state index contributed by atoms with van der Waals surface area (Å²) in [6.07, 6.45) is 0. The molecule has 2 atom stereocenters. The van der Waals surface area contributed by atoms with Gasteiger partial charge in [0.05, 0.1) is 5.92 Å². The van der Waals surface area contributed by atoms with Crippen LogP contribution in [0.3, 0.4) is 0 Å². The van der Waals surface area contributed by atoms with Gasteiger partial charge in [-0.3, -0.25) is 14.4 Å². The fraction of sp³-hybridized carbons (Fsp3) is 0.571. The number of rotatable bonds is 3. The van der Waals surface area contributed by atoms with Crippen molar-refractivity contribution in [1.82, 2.24) is 0 Å². The minimum Gasteiger partial charge on any atom is -0.481 e. The summed E-state index contributed by atoms with van der Waals surface area (Å²) in [6.45, 7) is 1.31. The molecule has 1 aliphatic carbocycles. The topological polar surface area (TPSA) is 112 Å². The predicted molar refractivity (Wildman–Crippen MR) is 38.0 cm³/mol. The van der Waals surface area contributed by atoms with Gasteiger partial charge >= 0.3 is 17.9 Å². The summed E-state index contributed by atoms with van der Waals surface area (Å²) in [4.78, 5) is 31.7. The van der Waals surface area contributed by atoms with E-state index in [0.717, 1.165) is 0 Å². The van der Waals surface area contributed by atoms with Crippen LogP contribution in [0, 0.1) is 17.3 Å². The first-order valence-electron chi connectivity index (χ1n) is 3.56. The summed E-state index contributed by atoms with van der Waals surface area (Å²) in [5.41, 5.74) is -2.12. The zero-order valence-corrected chi connectivity index (χ0v) is 6.72. The largest absolute Gasteiger partial charge is 0.481 e. The lowest BCUT2D eigenvalue weighted by molar-refractivity contribution is -0.161. The zero-order valence-electron chi connectivity index (χ0n) is 6.72. The molecule has 0 aromatic carbocycles. The van der Waals surface area contributed by atoms with Gasteiger partial charge in [-0.05, 0) is 5.92 Å². The summed E-state index contributed by atoms with van der Waals surface area (Å²) in [6, 6.07) is 0. The second kappa shape index (κ2) is 2.45. The van der Waals surface area contributed by atoms with Crippen LogP contribution in [0.4, 0.5) is 0 Å². The number of carboxylic acid groups (broad SMARTS) is 3. The minimum atomic E-state index is -2.12. The van der Waals surface area contributed by atoms with E-state index in [1.54, 1.807) is 0 Å². The third-order valence-electron chi connectivity index (χ3n) is 2.57. The Bertz CT molecular complexity index is 279. The van der Waals surface area contributed by atoms with Crippen LogP contribution in [0.2, 0.25) is 0 Å². The molecule has 1 aliphatic rings. The second-order valence-corrected chi connectivity index (χ2v) is 3.08. The van der Waals surface area contributed by atoms with Crippen LogP contribution in [0.15, 0.2) is 0 Å². The van der Waals surface area contributed by atoms with Gasteiger partial charge in [0.25, 0.3) is 0 Å². The Kier molecular flexibility index (Phi) is 1.79. The van der Waals surface area contributed by atoms with Crippen LogP contribution in [0.1, 0.15) is 6.92 Å². The maximum absolute atomic E-state index is 10.6. The molecule has 0 unspecified atom stereocenters. The van der Waals surface area contributed by atoms with Crippen molar-refractivity contribution < 1.29 is 29.7 Å². The Morgan fingerprint density at radius 3 is 1.54 bits per heavy atom. The lowest BCUT2D eigenvalue weighted by Gasteiger charge is -2.03. The molecule has 0 aromatic heterocycles. The molecule has 0 amide bonds. The van der Waals surface area contributed by atoms with Crippen molar-refractivity contribution >= 4 is 17.9 Å². The lowest BCUT2D eigenvalue weighted by atomic mass is 10.0. The van der Waals surface area contributed by atoms with Crippen LogP contribution in [-0.4, -0.2) is 33.2 Å². The van der Waals surface area contributed by atoms with E-state index in [9.17, 15) is 14.4 Å². The van der Waals surface area contributed by atoms with Crippen molar-refractivity contribution in [2.45, 2.75) is 6.92 Å². The molecule has 6 nitrogen and oxygen atoms in total. The van der Waals surface area contributed by atoms with Crippen molar-refractivity contribution in [3.63, 3.8) is 0 Å². The Morgan fingerprint density at radius 2 is 1.46 bits per heavy atom. The number of carboxylic acids is 3. The van der Waals surface area contributed by atoms with Crippen LogP contribution < -0.4 is 0 Å². The van der Waals surface area contributed by atoms with E-state index in [1.165, 1.54) is 6.92 Å². The highest BCUT2D eigenvalue weighted by atomic mass is 16.4. The van der Waals surface area contributed by atoms with E-state index in [0.29, 0.717) is 0 Å². The molecule has 0 spiro atoms. The number of hydrogen-bond donors (Lipinski definition) is 3. The van der Waals surface area contributed by atoms with Crippen molar-refractivity contribution in [3.05, 3.63) is 0 Å². The number of aliphatic carboxylic acids is 3. The second-order valence-electron chi connectivity index (χ2n) is 3.08. The lowest BCUT2D eigenvalue weighted by Crippen LogP contribution is -2.30. The first kappa shape index (κ1) is 9.50. The number of carbonyl (C=O) groups is 3. The Hall–Kier alpha value is -1.59. The van der Waals surface area contributed by atoms with Gasteiger partial charge in [0, 0.05) is 0 Å². The maximum atomic E-state index is 10.6. The van der Waals surface area contributed by atoms with Crippen molar-refractivity contribution in [1.29, 1.82) is 0 Å². The molecule has 0 bridgehead atoms. The van der Waals surface area contributed by atoms with Gasteiger partial charge in [0.2, 0.25) is 0 Å². The number of hydrogen-bond acceptors (Lipinski definition) is 3. The molecule has 6 heteroatoms. The average Bonchev–Trinajstić information content (AvgIpc) is 2.56. The normalized spacial score (nSPS) is 29.3. The van der Waals surface area contributed by atoms with Crippen molar-refractivity contribution in [2.75, 3.05) is 0 Å². The monoisotopic (exact) mass is 188 g/mol. The Labute approximate surface area is 72.8 Å². The van der Waals surface area contributed by atoms with Crippen LogP contribution in [-0.2, 0) is 14.4 Å². The average molecular weight is 188 g/mol. The SMILES string of the molecule is C[C@H]1[C@H](C(=O)O)C1(C(=O)O)C(=O)O. The van der Waals surface area contributed by atoms with Crippen molar-refractivity contribution in [2.24, 2.45) is 17.3 Å². The van der Waals surface area contributed by atoms with Crippen molar-refractivity contribution in [3.8, 4) is 0 Å². The Morgan fingerprint density at radius 1 is 1.08 bits per heavy atom. The van der Waals surface area contributed by atoms with Gasteiger partial charge in [0.1, 0.15) is 0 Å². The molecule has 1 fully saturated rings. The molecule has 0 aromatic rings. The van der Waals surface area contributed by atoms with E-state index in [2.05, 4.69) is 0 Å². The van der Waals surface area contributed by atoms with Gasteiger partial charge in [-0.1, -0.05) is 6.92 Å². The Balaban J connectivity index is 3.06. The molecule has 0 radical (unpaired) electrons. The summed E-state index contributed by atoms with van der Waals surface area (Å²) >= 11 is 0. The first-order chi connectivity index (χ1) is 5.86. The van der Waals surface area contributed by atoms with Gasteiger partial charge in [-0.15, -0.1) is 0 Å². The molecular weight excluding hydrogens is 180 g/mol. The third kappa shape index (κ3) is 0.912. The van der Waals surface area contributed by atoms with Gasteiger partial charge in [-0.2, -0.15) is 0 Å². The minimum absolute atomic E-state index is 0.861. The summed E-state index contributed by atoms with van der Waals surface area (Å²) in [7, 11) is 0. The molecule has 1 saturated carbocycles. The molecule has 13 heavy (non-hydrogen) atoms. The van der Waals surface area contributed by atoms with E-state index < -0.39 is 35.2 Å². The van der Waals surface area contributed by atoms with E-state index in [-0.39, 0.29) is 0 Å². The maximum Gasteiger partial charge on any atom is 0.322 e. The standard InChI is InChI=1S/C7H8O6/c1-2-3(4(8)9)7(2,5(10)11)6(12)13/h2-3H,1H3,(H,8,9)(H,10,11)(H,12,13)/t2-,3+/m0/s1. The highest BCUT2D eigenvalue weighted by molar-refractivity contribution is 6.08. The summed E-state index contributed by atoms with van der Waals surface area (Å²) < 4.78 is 0. The van der Waals surface area contributed by atoms with Gasteiger partial charge in [0.15, 0.2) is 5.41 Å². The highest BCUT2D eigenvalue weighted by Gasteiger charge is 2.76. The molecule has 72 valence electrons.